The van der Waals surface area contributed by atoms with Crippen molar-refractivity contribution in [2.45, 2.75) is 19.9 Å². The third kappa shape index (κ3) is 3.55. The largest absolute Gasteiger partial charge is 0.488 e. The van der Waals surface area contributed by atoms with Crippen LogP contribution in [0.4, 0.5) is 0 Å². The molecule has 1 atom stereocenters. The first-order chi connectivity index (χ1) is 9.88. The van der Waals surface area contributed by atoms with E-state index in [1.54, 1.807) is 38.1 Å². The fraction of sp³-hybridized carbons (Fsp3) is 0.333. The smallest absolute Gasteiger partial charge is 0.326 e. The van der Waals surface area contributed by atoms with Crippen LogP contribution >= 0.6 is 11.6 Å². The van der Waals surface area contributed by atoms with Crippen molar-refractivity contribution in [3.05, 3.63) is 34.4 Å². The van der Waals surface area contributed by atoms with Gasteiger partial charge in [0.15, 0.2) is 0 Å². The van der Waals surface area contributed by atoms with Gasteiger partial charge in [-0.2, -0.15) is 0 Å². The molecule has 1 aliphatic heterocycles. The van der Waals surface area contributed by atoms with E-state index in [4.69, 9.17) is 21.4 Å². The first kappa shape index (κ1) is 15.4. The van der Waals surface area contributed by atoms with Gasteiger partial charge in [-0.1, -0.05) is 25.4 Å². The highest BCUT2D eigenvalue weighted by Crippen LogP contribution is 2.29. The Morgan fingerprint density at radius 3 is 2.71 bits per heavy atom. The summed E-state index contributed by atoms with van der Waals surface area (Å²) in [4.78, 5) is 23.3. The van der Waals surface area contributed by atoms with Crippen LogP contribution in [0.5, 0.6) is 5.75 Å². The number of carbonyl (C=O) groups excluding carboxylic acids is 1. The summed E-state index contributed by atoms with van der Waals surface area (Å²) < 4.78 is 5.48. The predicted octanol–water partition coefficient (Wildman–Crippen LogP) is 2.34. The number of benzene rings is 1. The van der Waals surface area contributed by atoms with E-state index in [0.717, 1.165) is 0 Å². The van der Waals surface area contributed by atoms with Crippen molar-refractivity contribution >= 4 is 29.6 Å². The number of halogens is 1. The molecule has 1 aromatic carbocycles. The normalized spacial score (nSPS) is 14.8. The Labute approximate surface area is 127 Å². The number of carboxylic acids is 1. The minimum absolute atomic E-state index is 0.102. The minimum atomic E-state index is -1.06. The minimum Gasteiger partial charge on any atom is -0.488 e. The molecule has 0 radical (unpaired) electrons. The van der Waals surface area contributed by atoms with E-state index < -0.39 is 17.9 Å². The van der Waals surface area contributed by atoms with Crippen LogP contribution in [-0.2, 0) is 9.59 Å². The van der Waals surface area contributed by atoms with Crippen LogP contribution < -0.4 is 10.1 Å². The van der Waals surface area contributed by atoms with Gasteiger partial charge < -0.3 is 15.2 Å². The summed E-state index contributed by atoms with van der Waals surface area (Å²) in [5, 5.41) is 12.2. The number of carbonyl (C=O) groups is 2. The van der Waals surface area contributed by atoms with Crippen molar-refractivity contribution in [3.63, 3.8) is 0 Å². The Kier molecular flexibility index (Phi) is 4.53. The molecule has 1 aromatic rings. The van der Waals surface area contributed by atoms with Gasteiger partial charge in [0.05, 0.1) is 5.57 Å². The lowest BCUT2D eigenvalue weighted by Gasteiger charge is -2.21. The molecule has 112 valence electrons. The lowest BCUT2D eigenvalue weighted by Crippen LogP contribution is -2.45. The molecule has 0 aliphatic carbocycles. The first-order valence-corrected chi connectivity index (χ1v) is 6.93. The van der Waals surface area contributed by atoms with E-state index in [9.17, 15) is 9.59 Å². The molecule has 2 N–H and O–H groups in total. The van der Waals surface area contributed by atoms with Crippen LogP contribution in [0.2, 0.25) is 5.02 Å². The second-order valence-corrected chi connectivity index (χ2v) is 5.61. The molecule has 0 unspecified atom stereocenters. The second kappa shape index (κ2) is 6.18. The maximum absolute atomic E-state index is 12.2. The van der Waals surface area contributed by atoms with Gasteiger partial charge in [0, 0.05) is 10.6 Å². The van der Waals surface area contributed by atoms with Crippen molar-refractivity contribution in [3.8, 4) is 5.75 Å². The van der Waals surface area contributed by atoms with Gasteiger partial charge in [0.2, 0.25) is 0 Å². The van der Waals surface area contributed by atoms with Crippen molar-refractivity contribution in [2.24, 2.45) is 5.92 Å². The zero-order chi connectivity index (χ0) is 15.6. The van der Waals surface area contributed by atoms with Gasteiger partial charge in [-0.15, -0.1) is 0 Å². The summed E-state index contributed by atoms with van der Waals surface area (Å²) >= 11 is 5.91. The third-order valence-electron chi connectivity index (χ3n) is 3.20. The number of carboxylic acid groups (broad SMARTS) is 1. The van der Waals surface area contributed by atoms with Gasteiger partial charge in [-0.25, -0.2) is 4.79 Å². The topological polar surface area (TPSA) is 75.6 Å². The standard InChI is InChI=1S/C15H16ClNO4/c1-8(2)13(15(19)20)17-14(18)10-5-9-6-11(16)3-4-12(9)21-7-10/h3-6,8,13H,7H2,1-2H3,(H,17,18)(H,19,20)/t13-/m1/s1. The van der Waals surface area contributed by atoms with E-state index in [1.807, 2.05) is 0 Å². The lowest BCUT2D eigenvalue weighted by atomic mass is 10.0. The molecule has 21 heavy (non-hydrogen) atoms. The van der Waals surface area contributed by atoms with E-state index in [1.165, 1.54) is 0 Å². The summed E-state index contributed by atoms with van der Waals surface area (Å²) in [5.41, 5.74) is 1.08. The number of hydrogen-bond donors (Lipinski definition) is 2. The quantitative estimate of drug-likeness (QED) is 0.895. The number of nitrogens with one attached hydrogen (secondary N) is 1. The molecule has 0 aromatic heterocycles. The summed E-state index contributed by atoms with van der Waals surface area (Å²) in [7, 11) is 0. The molecule has 1 heterocycles. The lowest BCUT2D eigenvalue weighted by molar-refractivity contribution is -0.142. The van der Waals surface area contributed by atoms with Crippen molar-refractivity contribution in [1.29, 1.82) is 0 Å². The van der Waals surface area contributed by atoms with E-state index >= 15 is 0 Å². The van der Waals surface area contributed by atoms with Crippen LogP contribution in [0.3, 0.4) is 0 Å². The second-order valence-electron chi connectivity index (χ2n) is 5.17. The molecule has 0 saturated carbocycles. The van der Waals surface area contributed by atoms with Gasteiger partial charge in [-0.3, -0.25) is 4.79 Å². The Hall–Kier alpha value is -2.01. The fourth-order valence-corrected chi connectivity index (χ4v) is 2.21. The highest BCUT2D eigenvalue weighted by molar-refractivity contribution is 6.30. The zero-order valence-corrected chi connectivity index (χ0v) is 12.5. The number of hydrogen-bond acceptors (Lipinski definition) is 3. The SMILES string of the molecule is CC(C)[C@@H](NC(=O)C1=Cc2cc(Cl)ccc2OC1)C(=O)O. The van der Waals surface area contributed by atoms with Crippen LogP contribution in [-0.4, -0.2) is 29.6 Å². The summed E-state index contributed by atoms with van der Waals surface area (Å²) in [6, 6.07) is 4.20. The van der Waals surface area contributed by atoms with Gasteiger partial charge in [-0.05, 0) is 30.2 Å². The molecular weight excluding hydrogens is 294 g/mol. The number of amides is 1. The number of fused-ring (bicyclic) bond motifs is 1. The summed E-state index contributed by atoms with van der Waals surface area (Å²) in [6.45, 7) is 3.57. The maximum atomic E-state index is 12.2. The average Bonchev–Trinajstić information content (AvgIpc) is 2.42. The van der Waals surface area contributed by atoms with Crippen LogP contribution in [0.1, 0.15) is 19.4 Å². The van der Waals surface area contributed by atoms with E-state index in [0.29, 0.717) is 21.9 Å². The Morgan fingerprint density at radius 2 is 2.10 bits per heavy atom. The molecule has 0 saturated heterocycles. The molecular formula is C15H16ClNO4. The van der Waals surface area contributed by atoms with Gasteiger partial charge in [0.25, 0.3) is 5.91 Å². The molecule has 1 amide bonds. The number of rotatable bonds is 4. The molecule has 0 bridgehead atoms. The van der Waals surface area contributed by atoms with Crippen molar-refractivity contribution in [2.75, 3.05) is 6.61 Å². The molecule has 0 fully saturated rings. The first-order valence-electron chi connectivity index (χ1n) is 6.55. The average molecular weight is 310 g/mol. The van der Waals surface area contributed by atoms with E-state index in [-0.39, 0.29) is 12.5 Å². The molecule has 0 spiro atoms. The Balaban J connectivity index is 2.19. The number of aliphatic carboxylic acids is 1. The maximum Gasteiger partial charge on any atom is 0.326 e. The van der Waals surface area contributed by atoms with Crippen LogP contribution in [0.15, 0.2) is 23.8 Å². The molecule has 6 heteroatoms. The zero-order valence-electron chi connectivity index (χ0n) is 11.7. The predicted molar refractivity (Wildman–Crippen MR) is 79.3 cm³/mol. The van der Waals surface area contributed by atoms with E-state index in [2.05, 4.69) is 5.32 Å². The van der Waals surface area contributed by atoms with Crippen molar-refractivity contribution in [1.82, 2.24) is 5.32 Å². The van der Waals surface area contributed by atoms with Crippen LogP contribution in [0, 0.1) is 5.92 Å². The Morgan fingerprint density at radius 1 is 1.38 bits per heavy atom. The summed E-state index contributed by atoms with van der Waals surface area (Å²) in [5.74, 6) is -1.06. The third-order valence-corrected chi connectivity index (χ3v) is 3.43. The highest BCUT2D eigenvalue weighted by Gasteiger charge is 2.26. The fourth-order valence-electron chi connectivity index (χ4n) is 2.03. The molecule has 1 aliphatic rings. The van der Waals surface area contributed by atoms with Gasteiger partial charge in [0.1, 0.15) is 18.4 Å². The van der Waals surface area contributed by atoms with Crippen molar-refractivity contribution < 1.29 is 19.4 Å². The van der Waals surface area contributed by atoms with Crippen LogP contribution in [0.25, 0.3) is 6.08 Å². The van der Waals surface area contributed by atoms with Gasteiger partial charge >= 0.3 is 5.97 Å². The Bertz CT molecular complexity index is 610. The molecule has 2 rings (SSSR count). The number of ether oxygens (including phenoxy) is 1. The highest BCUT2D eigenvalue weighted by atomic mass is 35.5. The summed E-state index contributed by atoms with van der Waals surface area (Å²) in [6.07, 6.45) is 1.67. The monoisotopic (exact) mass is 309 g/mol. The molecule has 5 nitrogen and oxygen atoms in total.